The zero-order valence-electron chi connectivity index (χ0n) is 14.4. The van der Waals surface area contributed by atoms with Crippen molar-refractivity contribution < 1.29 is 4.42 Å². The van der Waals surface area contributed by atoms with Crippen molar-refractivity contribution in [1.82, 2.24) is 20.5 Å². The Morgan fingerprint density at radius 1 is 0.889 bits per heavy atom. The van der Waals surface area contributed by atoms with Crippen LogP contribution in [-0.4, -0.2) is 15.2 Å². The molecule has 0 aliphatic heterocycles. The fourth-order valence-corrected chi connectivity index (χ4v) is 2.93. The van der Waals surface area contributed by atoms with E-state index in [1.165, 1.54) is 0 Å². The summed E-state index contributed by atoms with van der Waals surface area (Å²) in [4.78, 5) is 4.49. The number of benzene rings is 2. The van der Waals surface area contributed by atoms with E-state index in [0.29, 0.717) is 23.3 Å². The number of hydrogen-bond acceptors (Lipinski definition) is 5. The summed E-state index contributed by atoms with van der Waals surface area (Å²) in [6, 6.07) is 23.3. The van der Waals surface area contributed by atoms with Crippen molar-refractivity contribution in [3.63, 3.8) is 0 Å². The summed E-state index contributed by atoms with van der Waals surface area (Å²) in [7, 11) is 0. The lowest BCUT2D eigenvalue weighted by Gasteiger charge is -2.17. The monoisotopic (exact) mass is 376 g/mol. The van der Waals surface area contributed by atoms with E-state index in [2.05, 4.69) is 32.6 Å². The molecule has 0 aliphatic carbocycles. The van der Waals surface area contributed by atoms with Gasteiger partial charge in [0.2, 0.25) is 11.8 Å². The molecule has 2 heterocycles. The molecule has 6 heteroatoms. The van der Waals surface area contributed by atoms with Crippen LogP contribution in [0.25, 0.3) is 11.5 Å². The normalized spacial score (nSPS) is 12.0. The van der Waals surface area contributed by atoms with Crippen molar-refractivity contribution in [1.29, 1.82) is 0 Å². The SMILES string of the molecule is Clc1ccc(-c2nnc(CNC(c3ccccc3)c3ccccn3)o2)cc1. The molecule has 5 nitrogen and oxygen atoms in total. The summed E-state index contributed by atoms with van der Waals surface area (Å²) in [5.74, 6) is 0.981. The number of hydrogen-bond donors (Lipinski definition) is 1. The fourth-order valence-electron chi connectivity index (χ4n) is 2.81. The molecule has 0 amide bonds. The third kappa shape index (κ3) is 4.22. The highest BCUT2D eigenvalue weighted by Gasteiger charge is 2.16. The van der Waals surface area contributed by atoms with Gasteiger partial charge in [-0.05, 0) is 42.0 Å². The molecular formula is C21H17ClN4O. The molecule has 0 aliphatic rings. The highest BCUT2D eigenvalue weighted by molar-refractivity contribution is 6.30. The molecule has 0 saturated carbocycles. The maximum Gasteiger partial charge on any atom is 0.247 e. The Morgan fingerprint density at radius 3 is 2.41 bits per heavy atom. The molecule has 0 bridgehead atoms. The molecule has 2 aromatic carbocycles. The van der Waals surface area contributed by atoms with E-state index in [-0.39, 0.29) is 6.04 Å². The van der Waals surface area contributed by atoms with Crippen LogP contribution in [0.1, 0.15) is 23.2 Å². The van der Waals surface area contributed by atoms with Crippen molar-refractivity contribution in [3.8, 4) is 11.5 Å². The van der Waals surface area contributed by atoms with Gasteiger partial charge in [-0.25, -0.2) is 0 Å². The van der Waals surface area contributed by atoms with Crippen molar-refractivity contribution in [2.24, 2.45) is 0 Å². The molecule has 0 radical (unpaired) electrons. The van der Waals surface area contributed by atoms with Crippen LogP contribution in [0.4, 0.5) is 0 Å². The summed E-state index contributed by atoms with van der Waals surface area (Å²) in [5.41, 5.74) is 2.89. The summed E-state index contributed by atoms with van der Waals surface area (Å²) in [6.07, 6.45) is 1.79. The fraction of sp³-hybridized carbons (Fsp3) is 0.0952. The van der Waals surface area contributed by atoms with Crippen LogP contribution >= 0.6 is 11.6 Å². The summed E-state index contributed by atoms with van der Waals surface area (Å²) < 4.78 is 5.78. The van der Waals surface area contributed by atoms with E-state index < -0.39 is 0 Å². The third-order valence-corrected chi connectivity index (χ3v) is 4.38. The number of nitrogens with one attached hydrogen (secondary N) is 1. The van der Waals surface area contributed by atoms with Crippen LogP contribution in [0.2, 0.25) is 5.02 Å². The van der Waals surface area contributed by atoms with E-state index in [4.69, 9.17) is 16.0 Å². The van der Waals surface area contributed by atoms with Gasteiger partial charge in [-0.1, -0.05) is 48.0 Å². The largest absolute Gasteiger partial charge is 0.419 e. The van der Waals surface area contributed by atoms with Gasteiger partial charge in [0, 0.05) is 16.8 Å². The topological polar surface area (TPSA) is 63.8 Å². The molecule has 4 rings (SSSR count). The van der Waals surface area contributed by atoms with Crippen molar-refractivity contribution in [3.05, 3.63) is 101 Å². The molecule has 4 aromatic rings. The second-order valence-electron chi connectivity index (χ2n) is 5.99. The molecule has 0 saturated heterocycles. The Bertz CT molecular complexity index is 948. The molecule has 134 valence electrons. The van der Waals surface area contributed by atoms with Gasteiger partial charge < -0.3 is 4.42 Å². The van der Waals surface area contributed by atoms with Gasteiger partial charge in [0.15, 0.2) is 0 Å². The minimum atomic E-state index is -0.0710. The Balaban J connectivity index is 1.52. The standard InChI is InChI=1S/C21H17ClN4O/c22-17-11-9-16(10-12-17)21-26-25-19(27-21)14-24-20(15-6-2-1-3-7-15)18-8-4-5-13-23-18/h1-13,20,24H,14H2. The average molecular weight is 377 g/mol. The van der Waals surface area contributed by atoms with Crippen LogP contribution in [0.15, 0.2) is 83.4 Å². The predicted octanol–water partition coefficient (Wildman–Crippen LogP) is 4.66. The quantitative estimate of drug-likeness (QED) is 0.530. The maximum absolute atomic E-state index is 5.92. The van der Waals surface area contributed by atoms with Crippen molar-refractivity contribution in [2.45, 2.75) is 12.6 Å². The summed E-state index contributed by atoms with van der Waals surface area (Å²) in [6.45, 7) is 0.427. The molecule has 27 heavy (non-hydrogen) atoms. The lowest BCUT2D eigenvalue weighted by molar-refractivity contribution is 0.459. The van der Waals surface area contributed by atoms with E-state index >= 15 is 0 Å². The van der Waals surface area contributed by atoms with Gasteiger partial charge in [0.05, 0.1) is 18.3 Å². The summed E-state index contributed by atoms with van der Waals surface area (Å²) in [5, 5.41) is 12.4. The van der Waals surface area contributed by atoms with Gasteiger partial charge in [0.1, 0.15) is 0 Å². The molecule has 1 N–H and O–H groups in total. The van der Waals surface area contributed by atoms with Crippen molar-refractivity contribution in [2.75, 3.05) is 0 Å². The molecule has 1 atom stereocenters. The highest BCUT2D eigenvalue weighted by Crippen LogP contribution is 2.22. The van der Waals surface area contributed by atoms with E-state index in [0.717, 1.165) is 16.8 Å². The lowest BCUT2D eigenvalue weighted by atomic mass is 10.0. The number of halogens is 1. The maximum atomic E-state index is 5.92. The molecule has 1 unspecified atom stereocenters. The van der Waals surface area contributed by atoms with Crippen LogP contribution in [0.3, 0.4) is 0 Å². The Labute approximate surface area is 162 Å². The number of rotatable bonds is 6. The first-order valence-corrected chi connectivity index (χ1v) is 8.95. The highest BCUT2D eigenvalue weighted by atomic mass is 35.5. The average Bonchev–Trinajstić information content (AvgIpc) is 3.19. The zero-order chi connectivity index (χ0) is 18.5. The molecular weight excluding hydrogens is 360 g/mol. The third-order valence-electron chi connectivity index (χ3n) is 4.13. The van der Waals surface area contributed by atoms with Gasteiger partial charge in [-0.2, -0.15) is 0 Å². The Kier molecular flexibility index (Phi) is 5.23. The van der Waals surface area contributed by atoms with Gasteiger partial charge >= 0.3 is 0 Å². The van der Waals surface area contributed by atoms with E-state index in [9.17, 15) is 0 Å². The zero-order valence-corrected chi connectivity index (χ0v) is 15.2. The molecule has 0 fully saturated rings. The second-order valence-corrected chi connectivity index (χ2v) is 6.42. The van der Waals surface area contributed by atoms with E-state index in [1.54, 1.807) is 18.3 Å². The molecule has 0 spiro atoms. The summed E-state index contributed by atoms with van der Waals surface area (Å²) >= 11 is 5.92. The lowest BCUT2D eigenvalue weighted by Crippen LogP contribution is -2.23. The minimum Gasteiger partial charge on any atom is -0.419 e. The Hall–Kier alpha value is -3.02. The number of nitrogens with zero attached hydrogens (tertiary/aromatic N) is 3. The first-order chi connectivity index (χ1) is 13.3. The van der Waals surface area contributed by atoms with Crippen LogP contribution < -0.4 is 5.32 Å². The van der Waals surface area contributed by atoms with Crippen LogP contribution in [0, 0.1) is 0 Å². The number of pyridine rings is 1. The van der Waals surface area contributed by atoms with Gasteiger partial charge in [-0.3, -0.25) is 10.3 Å². The number of aromatic nitrogens is 3. The predicted molar refractivity (Wildman–Crippen MR) is 104 cm³/mol. The van der Waals surface area contributed by atoms with E-state index in [1.807, 2.05) is 48.5 Å². The first-order valence-electron chi connectivity index (χ1n) is 8.57. The van der Waals surface area contributed by atoms with Gasteiger partial charge in [0.25, 0.3) is 0 Å². The molecule has 2 aromatic heterocycles. The smallest absolute Gasteiger partial charge is 0.247 e. The minimum absolute atomic E-state index is 0.0710. The van der Waals surface area contributed by atoms with Crippen molar-refractivity contribution >= 4 is 11.6 Å². The van der Waals surface area contributed by atoms with Gasteiger partial charge in [-0.15, -0.1) is 10.2 Å². The first kappa shape index (κ1) is 17.4. The van der Waals surface area contributed by atoms with Crippen LogP contribution in [-0.2, 0) is 6.54 Å². The Morgan fingerprint density at radius 2 is 1.67 bits per heavy atom. The second kappa shape index (κ2) is 8.12. The van der Waals surface area contributed by atoms with Crippen LogP contribution in [0.5, 0.6) is 0 Å².